The van der Waals surface area contributed by atoms with E-state index in [1.165, 1.54) is 4.90 Å². The fourth-order valence-electron chi connectivity index (χ4n) is 2.41. The van der Waals surface area contributed by atoms with Crippen LogP contribution in [0.2, 0.25) is 0 Å². The van der Waals surface area contributed by atoms with E-state index in [0.29, 0.717) is 19.6 Å². The van der Waals surface area contributed by atoms with E-state index in [1.807, 2.05) is 6.92 Å². The molecular weight excluding hydrogens is 250 g/mol. The zero-order chi connectivity index (χ0) is 14.0. The van der Waals surface area contributed by atoms with Gasteiger partial charge in [0.2, 0.25) is 5.91 Å². The molecule has 3 amide bonds. The molecule has 7 heteroatoms. The van der Waals surface area contributed by atoms with E-state index in [0.717, 1.165) is 12.8 Å². The number of amides is 3. The predicted octanol–water partition coefficient (Wildman–Crippen LogP) is -0.134. The van der Waals surface area contributed by atoms with Crippen LogP contribution < -0.4 is 5.32 Å². The summed E-state index contributed by atoms with van der Waals surface area (Å²) in [4.78, 5) is 38.1. The van der Waals surface area contributed by atoms with Crippen molar-refractivity contribution in [2.75, 3.05) is 19.6 Å². The van der Waals surface area contributed by atoms with Crippen LogP contribution in [-0.2, 0) is 9.59 Å². The van der Waals surface area contributed by atoms with E-state index >= 15 is 0 Å². The summed E-state index contributed by atoms with van der Waals surface area (Å²) < 4.78 is 0. The average molecular weight is 269 g/mol. The minimum absolute atomic E-state index is 0.217. The Labute approximate surface area is 111 Å². The molecule has 1 saturated carbocycles. The highest BCUT2D eigenvalue weighted by Gasteiger charge is 2.40. The van der Waals surface area contributed by atoms with Gasteiger partial charge in [-0.2, -0.15) is 0 Å². The number of carboxylic acids is 1. The standard InChI is InChI=1S/C12H19N3O4/c1-2-14(8-3-4-8)12(19)15-6-5-13-11(18)9(15)7-10(16)17/h8-9H,2-7H2,1H3,(H,13,18)(H,16,17). The van der Waals surface area contributed by atoms with Crippen molar-refractivity contribution < 1.29 is 19.5 Å². The van der Waals surface area contributed by atoms with Crippen molar-refractivity contribution in [3.63, 3.8) is 0 Å². The highest BCUT2D eigenvalue weighted by Crippen LogP contribution is 2.28. The lowest BCUT2D eigenvalue weighted by molar-refractivity contribution is -0.142. The Morgan fingerprint density at radius 1 is 1.47 bits per heavy atom. The van der Waals surface area contributed by atoms with Crippen molar-refractivity contribution in [3.8, 4) is 0 Å². The molecule has 0 radical (unpaired) electrons. The number of carbonyl (C=O) groups is 3. The number of nitrogens with zero attached hydrogens (tertiary/aromatic N) is 2. The smallest absolute Gasteiger partial charge is 0.321 e. The zero-order valence-electron chi connectivity index (χ0n) is 11.0. The molecule has 0 aromatic heterocycles. The van der Waals surface area contributed by atoms with Crippen LogP contribution in [0.5, 0.6) is 0 Å². The summed E-state index contributed by atoms with van der Waals surface area (Å²) in [5.41, 5.74) is 0. The maximum Gasteiger partial charge on any atom is 0.321 e. The van der Waals surface area contributed by atoms with Crippen LogP contribution in [0.25, 0.3) is 0 Å². The lowest BCUT2D eigenvalue weighted by Crippen LogP contribution is -2.60. The number of rotatable bonds is 4. The lowest BCUT2D eigenvalue weighted by atomic mass is 10.1. The minimum Gasteiger partial charge on any atom is -0.481 e. The van der Waals surface area contributed by atoms with E-state index in [4.69, 9.17) is 5.11 Å². The van der Waals surface area contributed by atoms with Gasteiger partial charge in [0.1, 0.15) is 6.04 Å². The first-order valence-corrected chi connectivity index (χ1v) is 6.61. The Balaban J connectivity index is 2.11. The topological polar surface area (TPSA) is 90.0 Å². The molecule has 7 nitrogen and oxygen atoms in total. The van der Waals surface area contributed by atoms with Crippen molar-refractivity contribution >= 4 is 17.9 Å². The van der Waals surface area contributed by atoms with E-state index in [1.54, 1.807) is 4.90 Å². The number of nitrogens with one attached hydrogen (secondary N) is 1. The summed E-state index contributed by atoms with van der Waals surface area (Å²) in [6, 6.07) is -0.856. The third-order valence-electron chi connectivity index (χ3n) is 3.52. The van der Waals surface area contributed by atoms with Gasteiger partial charge in [0, 0.05) is 25.7 Å². The Morgan fingerprint density at radius 3 is 2.68 bits per heavy atom. The van der Waals surface area contributed by atoms with Gasteiger partial charge in [0.05, 0.1) is 6.42 Å². The molecule has 1 aliphatic heterocycles. The fraction of sp³-hybridized carbons (Fsp3) is 0.750. The summed E-state index contributed by atoms with van der Waals surface area (Å²) in [6.07, 6.45) is 1.63. The molecule has 1 aliphatic carbocycles. The zero-order valence-corrected chi connectivity index (χ0v) is 11.0. The molecular formula is C12H19N3O4. The van der Waals surface area contributed by atoms with Gasteiger partial charge in [-0.1, -0.05) is 0 Å². The van der Waals surface area contributed by atoms with Gasteiger partial charge >= 0.3 is 12.0 Å². The van der Waals surface area contributed by atoms with Gasteiger partial charge in [-0.05, 0) is 19.8 Å². The van der Waals surface area contributed by atoms with Crippen LogP contribution in [-0.4, -0.2) is 64.5 Å². The van der Waals surface area contributed by atoms with E-state index in [9.17, 15) is 14.4 Å². The summed E-state index contributed by atoms with van der Waals surface area (Å²) >= 11 is 0. The van der Waals surface area contributed by atoms with Crippen LogP contribution in [0, 0.1) is 0 Å². The Morgan fingerprint density at radius 2 is 2.16 bits per heavy atom. The average Bonchev–Trinajstić information content (AvgIpc) is 3.16. The lowest BCUT2D eigenvalue weighted by Gasteiger charge is -2.37. The molecule has 2 aliphatic rings. The van der Waals surface area contributed by atoms with Gasteiger partial charge in [0.25, 0.3) is 0 Å². The van der Waals surface area contributed by atoms with Crippen molar-refractivity contribution in [1.29, 1.82) is 0 Å². The second-order valence-electron chi connectivity index (χ2n) is 4.90. The molecule has 1 heterocycles. The molecule has 1 unspecified atom stereocenters. The molecule has 2 N–H and O–H groups in total. The third kappa shape index (κ3) is 2.97. The summed E-state index contributed by atoms with van der Waals surface area (Å²) in [6.45, 7) is 3.22. The molecule has 1 atom stereocenters. The van der Waals surface area contributed by atoms with Crippen LogP contribution in [0.3, 0.4) is 0 Å². The van der Waals surface area contributed by atoms with E-state index in [-0.39, 0.29) is 24.4 Å². The van der Waals surface area contributed by atoms with Gasteiger partial charge in [-0.25, -0.2) is 4.79 Å². The molecule has 0 spiro atoms. The van der Waals surface area contributed by atoms with E-state index < -0.39 is 12.0 Å². The maximum absolute atomic E-state index is 12.4. The molecule has 2 rings (SSSR count). The van der Waals surface area contributed by atoms with Crippen LogP contribution >= 0.6 is 0 Å². The highest BCUT2D eigenvalue weighted by atomic mass is 16.4. The van der Waals surface area contributed by atoms with Crippen molar-refractivity contribution in [1.82, 2.24) is 15.1 Å². The number of carboxylic acid groups (broad SMARTS) is 1. The molecule has 0 aromatic rings. The number of carbonyl (C=O) groups excluding carboxylic acids is 2. The molecule has 0 bridgehead atoms. The second kappa shape index (κ2) is 5.46. The quantitative estimate of drug-likeness (QED) is 0.743. The summed E-state index contributed by atoms with van der Waals surface area (Å²) in [7, 11) is 0. The van der Waals surface area contributed by atoms with Crippen molar-refractivity contribution in [2.24, 2.45) is 0 Å². The van der Waals surface area contributed by atoms with E-state index in [2.05, 4.69) is 5.32 Å². The summed E-state index contributed by atoms with van der Waals surface area (Å²) in [5, 5.41) is 11.5. The number of urea groups is 1. The Bertz CT molecular complexity index is 394. The van der Waals surface area contributed by atoms with Crippen molar-refractivity contribution in [2.45, 2.75) is 38.3 Å². The molecule has 2 fully saturated rings. The van der Waals surface area contributed by atoms with Gasteiger partial charge in [-0.15, -0.1) is 0 Å². The molecule has 0 aromatic carbocycles. The van der Waals surface area contributed by atoms with Crippen LogP contribution in [0.4, 0.5) is 4.79 Å². The highest BCUT2D eigenvalue weighted by molar-refractivity contribution is 5.91. The first-order valence-electron chi connectivity index (χ1n) is 6.61. The first-order chi connectivity index (χ1) is 9.04. The predicted molar refractivity (Wildman–Crippen MR) is 66.6 cm³/mol. The maximum atomic E-state index is 12.4. The Hall–Kier alpha value is -1.79. The van der Waals surface area contributed by atoms with Crippen molar-refractivity contribution in [3.05, 3.63) is 0 Å². The Kier molecular flexibility index (Phi) is 3.92. The normalized spacial score (nSPS) is 22.9. The van der Waals surface area contributed by atoms with Crippen LogP contribution in [0.1, 0.15) is 26.2 Å². The third-order valence-corrected chi connectivity index (χ3v) is 3.52. The monoisotopic (exact) mass is 269 g/mol. The molecule has 19 heavy (non-hydrogen) atoms. The van der Waals surface area contributed by atoms with Gasteiger partial charge < -0.3 is 20.2 Å². The second-order valence-corrected chi connectivity index (χ2v) is 4.90. The van der Waals surface area contributed by atoms with Gasteiger partial charge in [-0.3, -0.25) is 9.59 Å². The summed E-state index contributed by atoms with van der Waals surface area (Å²) in [5.74, 6) is -1.46. The molecule has 1 saturated heterocycles. The molecule has 106 valence electrons. The van der Waals surface area contributed by atoms with Crippen LogP contribution in [0.15, 0.2) is 0 Å². The number of piperazine rings is 1. The fourth-order valence-corrected chi connectivity index (χ4v) is 2.41. The number of hydrogen-bond acceptors (Lipinski definition) is 3. The largest absolute Gasteiger partial charge is 0.481 e. The van der Waals surface area contributed by atoms with Gasteiger partial charge in [0.15, 0.2) is 0 Å². The SMILES string of the molecule is CCN(C(=O)N1CCNC(=O)C1CC(=O)O)C1CC1. The minimum atomic E-state index is -1.07. The number of hydrogen-bond donors (Lipinski definition) is 2. The number of aliphatic carboxylic acids is 1. The first kappa shape index (κ1) is 13.6.